The van der Waals surface area contributed by atoms with E-state index >= 15 is 0 Å². The van der Waals surface area contributed by atoms with Gasteiger partial charge in [0.25, 0.3) is 5.91 Å². The highest BCUT2D eigenvalue weighted by Crippen LogP contribution is 2.33. The summed E-state index contributed by atoms with van der Waals surface area (Å²) in [6, 6.07) is 2.90. The smallest absolute Gasteiger partial charge is 0.258 e. The molecule has 0 bridgehead atoms. The Balaban J connectivity index is 2.41. The summed E-state index contributed by atoms with van der Waals surface area (Å²) in [5.74, 6) is 0.298. The van der Waals surface area contributed by atoms with Crippen LogP contribution in [0.5, 0.6) is 5.75 Å². The molecule has 0 saturated heterocycles. The van der Waals surface area contributed by atoms with Crippen molar-refractivity contribution in [1.82, 2.24) is 5.32 Å². The van der Waals surface area contributed by atoms with Crippen molar-refractivity contribution in [2.24, 2.45) is 5.92 Å². The van der Waals surface area contributed by atoms with Gasteiger partial charge >= 0.3 is 0 Å². The first-order valence-electron chi connectivity index (χ1n) is 6.51. The van der Waals surface area contributed by atoms with Crippen LogP contribution >= 0.6 is 34.8 Å². The third-order valence-corrected chi connectivity index (χ3v) is 3.63. The van der Waals surface area contributed by atoms with E-state index < -0.39 is 6.10 Å². The van der Waals surface area contributed by atoms with Crippen molar-refractivity contribution in [1.29, 1.82) is 0 Å². The molecular formula is C14H18Cl3NO3. The molecule has 0 spiro atoms. The van der Waals surface area contributed by atoms with Crippen LogP contribution in [-0.4, -0.2) is 30.3 Å². The van der Waals surface area contributed by atoms with Crippen LogP contribution in [0, 0.1) is 5.92 Å². The average Bonchev–Trinajstić information content (AvgIpc) is 2.38. The summed E-state index contributed by atoms with van der Waals surface area (Å²) in [6.45, 7) is 3.97. The molecule has 1 atom stereocenters. The first-order chi connectivity index (χ1) is 9.79. The van der Waals surface area contributed by atoms with Crippen molar-refractivity contribution in [3.8, 4) is 5.75 Å². The Morgan fingerprint density at radius 3 is 2.48 bits per heavy atom. The van der Waals surface area contributed by atoms with Crippen LogP contribution in [-0.2, 0) is 4.79 Å². The number of carbonyl (C=O) groups is 1. The van der Waals surface area contributed by atoms with Crippen molar-refractivity contribution in [2.45, 2.75) is 26.4 Å². The minimum Gasteiger partial charge on any atom is -0.482 e. The molecule has 118 valence electrons. The Morgan fingerprint density at radius 1 is 1.24 bits per heavy atom. The van der Waals surface area contributed by atoms with Gasteiger partial charge in [-0.2, -0.15) is 0 Å². The Kier molecular flexibility index (Phi) is 7.60. The Morgan fingerprint density at radius 2 is 1.86 bits per heavy atom. The summed E-state index contributed by atoms with van der Waals surface area (Å²) in [5, 5.41) is 13.1. The van der Waals surface area contributed by atoms with E-state index in [1.165, 1.54) is 12.1 Å². The van der Waals surface area contributed by atoms with E-state index in [1.807, 2.05) is 13.8 Å². The predicted octanol–water partition coefficient (Wildman–Crippen LogP) is 3.55. The maximum atomic E-state index is 11.6. The lowest BCUT2D eigenvalue weighted by molar-refractivity contribution is -0.123. The van der Waals surface area contributed by atoms with Crippen molar-refractivity contribution >= 4 is 40.7 Å². The van der Waals surface area contributed by atoms with E-state index in [9.17, 15) is 9.90 Å². The standard InChI is InChI=1S/C14H18Cl3NO3/c1-8(2)3-9(19)6-18-14(20)7-21-13-5-11(16)10(15)4-12(13)17/h4-5,8-9,19H,3,6-7H2,1-2H3,(H,18,20). The topological polar surface area (TPSA) is 58.6 Å². The number of rotatable bonds is 7. The number of ether oxygens (including phenoxy) is 1. The average molecular weight is 355 g/mol. The molecule has 0 saturated carbocycles. The van der Waals surface area contributed by atoms with Crippen LogP contribution in [0.15, 0.2) is 12.1 Å². The van der Waals surface area contributed by atoms with Crippen molar-refractivity contribution < 1.29 is 14.6 Å². The number of carbonyl (C=O) groups excluding carboxylic acids is 1. The van der Waals surface area contributed by atoms with E-state index in [4.69, 9.17) is 39.5 Å². The Hall–Kier alpha value is -0.680. The van der Waals surface area contributed by atoms with Crippen LogP contribution in [0.3, 0.4) is 0 Å². The molecule has 0 heterocycles. The minimum absolute atomic E-state index is 0.190. The van der Waals surface area contributed by atoms with E-state index in [1.54, 1.807) is 0 Å². The lowest BCUT2D eigenvalue weighted by Gasteiger charge is -2.14. The third-order valence-electron chi connectivity index (χ3n) is 2.61. The predicted molar refractivity (Wildman–Crippen MR) is 85.4 cm³/mol. The van der Waals surface area contributed by atoms with Crippen LogP contribution < -0.4 is 10.1 Å². The van der Waals surface area contributed by atoms with Gasteiger partial charge in [-0.25, -0.2) is 0 Å². The minimum atomic E-state index is -0.567. The normalized spacial score (nSPS) is 12.3. The molecule has 1 unspecified atom stereocenters. The molecule has 1 rings (SSSR count). The van der Waals surface area contributed by atoms with Crippen LogP contribution in [0.2, 0.25) is 15.1 Å². The molecule has 0 radical (unpaired) electrons. The number of hydrogen-bond donors (Lipinski definition) is 2. The third kappa shape index (κ3) is 6.74. The molecular weight excluding hydrogens is 337 g/mol. The maximum absolute atomic E-state index is 11.6. The van der Waals surface area contributed by atoms with Gasteiger partial charge in [0, 0.05) is 12.6 Å². The van der Waals surface area contributed by atoms with Gasteiger partial charge in [0.1, 0.15) is 5.75 Å². The number of benzene rings is 1. The largest absolute Gasteiger partial charge is 0.482 e. The number of aliphatic hydroxyl groups excluding tert-OH is 1. The lowest BCUT2D eigenvalue weighted by atomic mass is 10.1. The molecule has 2 N–H and O–H groups in total. The SMILES string of the molecule is CC(C)CC(O)CNC(=O)COc1cc(Cl)c(Cl)cc1Cl. The highest BCUT2D eigenvalue weighted by Gasteiger charge is 2.11. The summed E-state index contributed by atoms with van der Waals surface area (Å²) >= 11 is 17.6. The summed E-state index contributed by atoms with van der Waals surface area (Å²) < 4.78 is 5.28. The summed E-state index contributed by atoms with van der Waals surface area (Å²) in [7, 11) is 0. The summed E-state index contributed by atoms with van der Waals surface area (Å²) in [6.07, 6.45) is 0.0576. The molecule has 4 nitrogen and oxygen atoms in total. The first kappa shape index (κ1) is 18.4. The first-order valence-corrected chi connectivity index (χ1v) is 7.65. The fraction of sp³-hybridized carbons (Fsp3) is 0.500. The Bertz CT molecular complexity index is 495. The molecule has 7 heteroatoms. The van der Waals surface area contributed by atoms with Gasteiger partial charge < -0.3 is 15.2 Å². The number of hydrogen-bond acceptors (Lipinski definition) is 3. The molecule has 1 aromatic rings. The van der Waals surface area contributed by atoms with Gasteiger partial charge in [-0.3, -0.25) is 4.79 Å². The molecule has 0 aromatic heterocycles. The molecule has 0 aliphatic carbocycles. The Labute approximate surface area is 139 Å². The summed E-state index contributed by atoms with van der Waals surface area (Å²) in [4.78, 5) is 11.6. The monoisotopic (exact) mass is 353 g/mol. The zero-order valence-electron chi connectivity index (χ0n) is 11.8. The van der Waals surface area contributed by atoms with Gasteiger partial charge in [0.2, 0.25) is 0 Å². The molecule has 0 aliphatic heterocycles. The molecule has 0 fully saturated rings. The van der Waals surface area contributed by atoms with Crippen molar-refractivity contribution in [3.05, 3.63) is 27.2 Å². The van der Waals surface area contributed by atoms with E-state index in [0.717, 1.165) is 0 Å². The van der Waals surface area contributed by atoms with Gasteiger partial charge in [-0.15, -0.1) is 0 Å². The fourth-order valence-electron chi connectivity index (χ4n) is 1.67. The fourth-order valence-corrected chi connectivity index (χ4v) is 2.26. The van der Waals surface area contributed by atoms with Gasteiger partial charge in [-0.05, 0) is 18.4 Å². The van der Waals surface area contributed by atoms with Gasteiger partial charge in [0.05, 0.1) is 21.2 Å². The number of nitrogens with one attached hydrogen (secondary N) is 1. The highest BCUT2D eigenvalue weighted by atomic mass is 35.5. The van der Waals surface area contributed by atoms with E-state index in [2.05, 4.69) is 5.32 Å². The van der Waals surface area contributed by atoms with E-state index in [0.29, 0.717) is 22.4 Å². The molecule has 21 heavy (non-hydrogen) atoms. The van der Waals surface area contributed by atoms with Gasteiger partial charge in [0.15, 0.2) is 6.61 Å². The number of aliphatic hydroxyl groups is 1. The second-order valence-electron chi connectivity index (χ2n) is 5.07. The highest BCUT2D eigenvalue weighted by molar-refractivity contribution is 6.43. The van der Waals surface area contributed by atoms with Gasteiger partial charge in [-0.1, -0.05) is 48.7 Å². The summed E-state index contributed by atoms with van der Waals surface area (Å²) in [5.41, 5.74) is 0. The second-order valence-corrected chi connectivity index (χ2v) is 6.29. The second kappa shape index (κ2) is 8.69. The lowest BCUT2D eigenvalue weighted by Crippen LogP contribution is -2.35. The zero-order valence-corrected chi connectivity index (χ0v) is 14.1. The number of amides is 1. The maximum Gasteiger partial charge on any atom is 0.258 e. The quantitative estimate of drug-likeness (QED) is 0.736. The van der Waals surface area contributed by atoms with Crippen molar-refractivity contribution in [3.63, 3.8) is 0 Å². The number of halogens is 3. The van der Waals surface area contributed by atoms with Crippen molar-refractivity contribution in [2.75, 3.05) is 13.2 Å². The van der Waals surface area contributed by atoms with Crippen LogP contribution in [0.1, 0.15) is 20.3 Å². The zero-order chi connectivity index (χ0) is 16.0. The van der Waals surface area contributed by atoms with Crippen LogP contribution in [0.4, 0.5) is 0 Å². The van der Waals surface area contributed by atoms with E-state index in [-0.39, 0.29) is 29.8 Å². The molecule has 0 aliphatic rings. The molecule has 1 amide bonds. The molecule has 1 aromatic carbocycles. The van der Waals surface area contributed by atoms with Crippen LogP contribution in [0.25, 0.3) is 0 Å².